The lowest BCUT2D eigenvalue weighted by molar-refractivity contribution is 0.414. The van der Waals surface area contributed by atoms with Crippen LogP contribution in [0.15, 0.2) is 40.8 Å². The van der Waals surface area contributed by atoms with Crippen molar-refractivity contribution < 1.29 is 9.15 Å². The van der Waals surface area contributed by atoms with Crippen molar-refractivity contribution in [3.05, 3.63) is 53.5 Å². The van der Waals surface area contributed by atoms with E-state index in [-0.39, 0.29) is 0 Å². The van der Waals surface area contributed by atoms with Gasteiger partial charge in [0.05, 0.1) is 7.11 Å². The molecular formula is C15H14N2O2. The zero-order valence-corrected chi connectivity index (χ0v) is 10.9. The molecule has 96 valence electrons. The molecule has 1 aromatic carbocycles. The van der Waals surface area contributed by atoms with Crippen molar-refractivity contribution in [3.63, 3.8) is 0 Å². The largest absolute Gasteiger partial charge is 0.497 e. The van der Waals surface area contributed by atoms with Gasteiger partial charge in [0.25, 0.3) is 0 Å². The molecule has 0 aliphatic heterocycles. The molecule has 0 fully saturated rings. The summed E-state index contributed by atoms with van der Waals surface area (Å²) in [5, 5.41) is 0. The van der Waals surface area contributed by atoms with Crippen molar-refractivity contribution in [1.82, 2.24) is 9.97 Å². The molecule has 0 radical (unpaired) electrons. The average Bonchev–Trinajstić information content (AvgIpc) is 2.81. The Balaban J connectivity index is 1.87. The summed E-state index contributed by atoms with van der Waals surface area (Å²) < 4.78 is 10.8. The molecule has 4 heteroatoms. The van der Waals surface area contributed by atoms with Gasteiger partial charge in [-0.25, -0.2) is 9.97 Å². The average molecular weight is 254 g/mol. The van der Waals surface area contributed by atoms with Crippen LogP contribution < -0.4 is 4.74 Å². The third-order valence-corrected chi connectivity index (χ3v) is 2.95. The van der Waals surface area contributed by atoms with Crippen LogP contribution in [0, 0.1) is 6.92 Å². The van der Waals surface area contributed by atoms with E-state index in [1.54, 1.807) is 7.11 Å². The van der Waals surface area contributed by atoms with Gasteiger partial charge in [0.1, 0.15) is 11.3 Å². The van der Waals surface area contributed by atoms with Crippen LogP contribution >= 0.6 is 0 Å². The molecule has 3 aromatic rings. The fourth-order valence-electron chi connectivity index (χ4n) is 1.95. The Bertz CT molecular complexity index is 702. The topological polar surface area (TPSA) is 48.2 Å². The Labute approximate surface area is 111 Å². The third kappa shape index (κ3) is 2.42. The zero-order chi connectivity index (χ0) is 13.2. The number of benzene rings is 1. The fraction of sp³-hybridized carbons (Fsp3) is 0.200. The number of fused-ring (bicyclic) bond motifs is 1. The van der Waals surface area contributed by atoms with E-state index < -0.39 is 0 Å². The minimum atomic E-state index is 0.600. The number of hydrogen-bond donors (Lipinski definition) is 0. The molecular weight excluding hydrogens is 240 g/mol. The van der Waals surface area contributed by atoms with Crippen LogP contribution in [0.25, 0.3) is 11.2 Å². The predicted octanol–water partition coefficient (Wildman–Crippen LogP) is 3.13. The summed E-state index contributed by atoms with van der Waals surface area (Å²) in [6, 6.07) is 11.7. The first kappa shape index (κ1) is 11.7. The van der Waals surface area contributed by atoms with Crippen molar-refractivity contribution in [2.24, 2.45) is 0 Å². The Morgan fingerprint density at radius 2 is 1.84 bits per heavy atom. The molecule has 0 N–H and O–H groups in total. The van der Waals surface area contributed by atoms with Gasteiger partial charge in [-0.1, -0.05) is 12.1 Å². The molecule has 0 atom stereocenters. The summed E-state index contributed by atoms with van der Waals surface area (Å²) in [4.78, 5) is 8.75. The lowest BCUT2D eigenvalue weighted by atomic mass is 10.1. The van der Waals surface area contributed by atoms with Crippen molar-refractivity contribution in [1.29, 1.82) is 0 Å². The highest BCUT2D eigenvalue weighted by atomic mass is 16.5. The van der Waals surface area contributed by atoms with E-state index in [1.807, 2.05) is 43.3 Å². The van der Waals surface area contributed by atoms with Gasteiger partial charge in [-0.05, 0) is 36.8 Å². The number of nitrogens with zero attached hydrogens (tertiary/aromatic N) is 2. The highest BCUT2D eigenvalue weighted by molar-refractivity contribution is 5.68. The molecule has 0 amide bonds. The molecule has 19 heavy (non-hydrogen) atoms. The molecule has 0 aliphatic carbocycles. The molecule has 0 aliphatic rings. The Hall–Kier alpha value is -2.36. The number of oxazole rings is 1. The van der Waals surface area contributed by atoms with E-state index in [2.05, 4.69) is 9.97 Å². The summed E-state index contributed by atoms with van der Waals surface area (Å²) in [7, 11) is 1.66. The third-order valence-electron chi connectivity index (χ3n) is 2.95. The minimum absolute atomic E-state index is 0.600. The van der Waals surface area contributed by atoms with Crippen molar-refractivity contribution >= 4 is 11.2 Å². The first-order valence-corrected chi connectivity index (χ1v) is 6.10. The maximum Gasteiger partial charge on any atom is 0.247 e. The first-order chi connectivity index (χ1) is 9.24. The highest BCUT2D eigenvalue weighted by Gasteiger charge is 2.07. The molecule has 0 spiro atoms. The van der Waals surface area contributed by atoms with Crippen molar-refractivity contribution in [2.75, 3.05) is 7.11 Å². The molecule has 0 saturated heterocycles. The number of pyridine rings is 1. The number of aromatic nitrogens is 2. The van der Waals surface area contributed by atoms with Gasteiger partial charge < -0.3 is 9.15 Å². The quantitative estimate of drug-likeness (QED) is 0.720. The number of hydrogen-bond acceptors (Lipinski definition) is 4. The second kappa shape index (κ2) is 4.72. The van der Waals surface area contributed by atoms with Gasteiger partial charge in [-0.3, -0.25) is 0 Å². The summed E-state index contributed by atoms with van der Waals surface area (Å²) in [6.07, 6.45) is 0.652. The van der Waals surface area contributed by atoms with E-state index in [4.69, 9.17) is 9.15 Å². The van der Waals surface area contributed by atoms with Gasteiger partial charge >= 0.3 is 0 Å². The van der Waals surface area contributed by atoms with Crippen LogP contribution in [-0.4, -0.2) is 17.1 Å². The lowest BCUT2D eigenvalue weighted by Gasteiger charge is -2.00. The molecule has 4 nitrogen and oxygen atoms in total. The second-order valence-corrected chi connectivity index (χ2v) is 4.41. The van der Waals surface area contributed by atoms with E-state index in [0.29, 0.717) is 18.0 Å². The van der Waals surface area contributed by atoms with Gasteiger partial charge in [0.2, 0.25) is 11.6 Å². The minimum Gasteiger partial charge on any atom is -0.497 e. The normalized spacial score (nSPS) is 10.8. The van der Waals surface area contributed by atoms with Crippen molar-refractivity contribution in [2.45, 2.75) is 13.3 Å². The number of methoxy groups -OCH3 is 1. The number of aryl methyl sites for hydroxylation is 1. The number of rotatable bonds is 3. The molecule has 3 rings (SSSR count). The van der Waals surface area contributed by atoms with Crippen LogP contribution in [0.4, 0.5) is 0 Å². The number of ether oxygens (including phenoxy) is 1. The summed E-state index contributed by atoms with van der Waals surface area (Å²) in [6.45, 7) is 1.94. The maximum atomic E-state index is 5.66. The molecule has 2 aromatic heterocycles. The SMILES string of the molecule is COc1ccc(Cc2nc3ccc(C)nc3o2)cc1. The Kier molecular flexibility index (Phi) is 2.91. The molecule has 2 heterocycles. The highest BCUT2D eigenvalue weighted by Crippen LogP contribution is 2.18. The van der Waals surface area contributed by atoms with Gasteiger partial charge in [0, 0.05) is 12.1 Å². The monoisotopic (exact) mass is 254 g/mol. The van der Waals surface area contributed by atoms with E-state index in [9.17, 15) is 0 Å². The zero-order valence-electron chi connectivity index (χ0n) is 10.9. The van der Waals surface area contributed by atoms with Gasteiger partial charge in [0.15, 0.2) is 0 Å². The second-order valence-electron chi connectivity index (χ2n) is 4.41. The summed E-state index contributed by atoms with van der Waals surface area (Å²) in [5.74, 6) is 1.52. The predicted molar refractivity (Wildman–Crippen MR) is 72.3 cm³/mol. The fourth-order valence-corrected chi connectivity index (χ4v) is 1.95. The van der Waals surface area contributed by atoms with Crippen LogP contribution in [0.1, 0.15) is 17.1 Å². The standard InChI is InChI=1S/C15H14N2O2/c1-10-3-8-13-15(16-10)19-14(17-13)9-11-4-6-12(18-2)7-5-11/h3-8H,9H2,1-2H3. The first-order valence-electron chi connectivity index (χ1n) is 6.10. The van der Waals surface area contributed by atoms with E-state index in [1.165, 1.54) is 0 Å². The van der Waals surface area contributed by atoms with E-state index >= 15 is 0 Å². The van der Waals surface area contributed by atoms with Gasteiger partial charge in [-0.2, -0.15) is 0 Å². The molecule has 0 bridgehead atoms. The van der Waals surface area contributed by atoms with E-state index in [0.717, 1.165) is 22.5 Å². The van der Waals surface area contributed by atoms with Crippen molar-refractivity contribution in [3.8, 4) is 5.75 Å². The Morgan fingerprint density at radius 3 is 2.58 bits per heavy atom. The Morgan fingerprint density at radius 1 is 1.05 bits per heavy atom. The summed E-state index contributed by atoms with van der Waals surface area (Å²) >= 11 is 0. The van der Waals surface area contributed by atoms with Crippen LogP contribution in [-0.2, 0) is 6.42 Å². The van der Waals surface area contributed by atoms with Crippen LogP contribution in [0.5, 0.6) is 5.75 Å². The van der Waals surface area contributed by atoms with Crippen LogP contribution in [0.2, 0.25) is 0 Å². The molecule has 0 saturated carbocycles. The van der Waals surface area contributed by atoms with Gasteiger partial charge in [-0.15, -0.1) is 0 Å². The van der Waals surface area contributed by atoms with Crippen LogP contribution in [0.3, 0.4) is 0 Å². The smallest absolute Gasteiger partial charge is 0.247 e. The maximum absolute atomic E-state index is 5.66. The lowest BCUT2D eigenvalue weighted by Crippen LogP contribution is -1.88. The summed E-state index contributed by atoms with van der Waals surface area (Å²) in [5.41, 5.74) is 3.46. The molecule has 0 unspecified atom stereocenters.